The van der Waals surface area contributed by atoms with Crippen molar-refractivity contribution in [2.45, 2.75) is 37.5 Å². The first kappa shape index (κ1) is 12.2. The van der Waals surface area contributed by atoms with Gasteiger partial charge in [0.25, 0.3) is 0 Å². The first-order valence-electron chi connectivity index (χ1n) is 6.17. The molecule has 0 aromatic heterocycles. The van der Waals surface area contributed by atoms with Crippen LogP contribution in [0, 0.1) is 5.82 Å². The van der Waals surface area contributed by atoms with Crippen LogP contribution in [0.15, 0.2) is 18.2 Å². The van der Waals surface area contributed by atoms with E-state index >= 15 is 0 Å². The van der Waals surface area contributed by atoms with Gasteiger partial charge in [-0.2, -0.15) is 0 Å². The van der Waals surface area contributed by atoms with Gasteiger partial charge in [0.1, 0.15) is 12.1 Å². The van der Waals surface area contributed by atoms with Gasteiger partial charge in [-0.1, -0.05) is 25.3 Å². The van der Waals surface area contributed by atoms with Gasteiger partial charge in [-0.25, -0.2) is 4.39 Å². The molecule has 0 saturated heterocycles. The molecule has 17 heavy (non-hydrogen) atoms. The molecule has 1 aliphatic rings. The van der Waals surface area contributed by atoms with E-state index in [0.717, 1.165) is 37.5 Å². The summed E-state index contributed by atoms with van der Waals surface area (Å²) in [5.41, 5.74) is 7.18. The second-order valence-electron chi connectivity index (χ2n) is 4.89. The average Bonchev–Trinajstić information content (AvgIpc) is 2.39. The Labute approximate surface area is 101 Å². The lowest BCUT2D eigenvalue weighted by Crippen LogP contribution is -2.38. The molecule has 0 spiro atoms. The molecule has 0 amide bonds. The van der Waals surface area contributed by atoms with E-state index in [1.165, 1.54) is 18.6 Å². The van der Waals surface area contributed by atoms with Crippen LogP contribution in [0.25, 0.3) is 0 Å². The molecule has 92 valence electrons. The lowest BCUT2D eigenvalue weighted by molar-refractivity contribution is 0.111. The number of hydrogen-bond donors (Lipinski definition) is 1. The molecule has 2 rings (SSSR count). The third-order valence-corrected chi connectivity index (χ3v) is 3.91. The molecular weight excluding hydrogens is 217 g/mol. The summed E-state index contributed by atoms with van der Waals surface area (Å²) in [7, 11) is 0. The molecule has 1 saturated carbocycles. The Bertz CT molecular complexity index is 411. The van der Waals surface area contributed by atoms with Crippen molar-refractivity contribution in [2.24, 2.45) is 5.73 Å². The Morgan fingerprint density at radius 2 is 2.00 bits per heavy atom. The van der Waals surface area contributed by atoms with E-state index in [2.05, 4.69) is 0 Å². The fraction of sp³-hybridized carbons (Fsp3) is 0.500. The number of rotatable bonds is 3. The van der Waals surface area contributed by atoms with Gasteiger partial charge in [-0.05, 0) is 30.5 Å². The van der Waals surface area contributed by atoms with Crippen molar-refractivity contribution >= 4 is 6.29 Å². The number of halogens is 1. The zero-order valence-corrected chi connectivity index (χ0v) is 9.92. The zero-order valence-electron chi connectivity index (χ0n) is 9.92. The molecule has 2 N–H and O–H groups in total. The summed E-state index contributed by atoms with van der Waals surface area (Å²) in [6.45, 7) is 0.527. The molecule has 3 heteroatoms. The van der Waals surface area contributed by atoms with Crippen molar-refractivity contribution in [3.8, 4) is 0 Å². The number of carbonyl (C=O) groups excluding carboxylic acids is 1. The van der Waals surface area contributed by atoms with Crippen molar-refractivity contribution in [1.82, 2.24) is 0 Å². The van der Waals surface area contributed by atoms with E-state index in [4.69, 9.17) is 5.73 Å². The normalized spacial score (nSPS) is 18.9. The number of benzene rings is 1. The van der Waals surface area contributed by atoms with Crippen LogP contribution in [-0.2, 0) is 5.41 Å². The van der Waals surface area contributed by atoms with E-state index in [9.17, 15) is 9.18 Å². The maximum absolute atomic E-state index is 13.1. The van der Waals surface area contributed by atoms with E-state index in [1.54, 1.807) is 6.07 Å². The Hall–Kier alpha value is -1.22. The summed E-state index contributed by atoms with van der Waals surface area (Å²) in [6, 6.07) is 4.47. The van der Waals surface area contributed by atoms with Crippen LogP contribution in [0.5, 0.6) is 0 Å². The quantitative estimate of drug-likeness (QED) is 0.819. The standard InChI is InChI=1S/C14H18FNO/c15-12-4-5-13(11(8-12)9-17)14(10-16)6-2-1-3-7-14/h4-5,8-9H,1-3,6-7,10,16H2. The van der Waals surface area contributed by atoms with Crippen molar-refractivity contribution in [3.05, 3.63) is 35.1 Å². The Kier molecular flexibility index (Phi) is 3.57. The third kappa shape index (κ3) is 2.25. The summed E-state index contributed by atoms with van der Waals surface area (Å²) in [4.78, 5) is 11.1. The molecule has 1 aromatic rings. The highest BCUT2D eigenvalue weighted by Crippen LogP contribution is 2.39. The topological polar surface area (TPSA) is 43.1 Å². The molecule has 0 unspecified atom stereocenters. The summed E-state index contributed by atoms with van der Waals surface area (Å²) in [5, 5.41) is 0. The van der Waals surface area contributed by atoms with Crippen LogP contribution in [0.3, 0.4) is 0 Å². The van der Waals surface area contributed by atoms with Crippen LogP contribution in [0.1, 0.15) is 48.0 Å². The highest BCUT2D eigenvalue weighted by atomic mass is 19.1. The van der Waals surface area contributed by atoms with Crippen LogP contribution in [0.4, 0.5) is 4.39 Å². The highest BCUT2D eigenvalue weighted by molar-refractivity contribution is 5.78. The molecule has 2 nitrogen and oxygen atoms in total. The number of hydrogen-bond acceptors (Lipinski definition) is 2. The summed E-state index contributed by atoms with van der Waals surface area (Å²) in [5.74, 6) is -0.362. The third-order valence-electron chi connectivity index (χ3n) is 3.91. The predicted molar refractivity (Wildman–Crippen MR) is 65.6 cm³/mol. The van der Waals surface area contributed by atoms with Gasteiger partial charge in [0.2, 0.25) is 0 Å². The predicted octanol–water partition coefficient (Wildman–Crippen LogP) is 2.80. The fourth-order valence-electron chi connectivity index (χ4n) is 2.93. The van der Waals surface area contributed by atoms with Gasteiger partial charge >= 0.3 is 0 Å². The summed E-state index contributed by atoms with van der Waals surface area (Å²) in [6.07, 6.45) is 6.22. The lowest BCUT2D eigenvalue weighted by Gasteiger charge is -2.37. The fourth-order valence-corrected chi connectivity index (χ4v) is 2.93. The van der Waals surface area contributed by atoms with E-state index in [1.807, 2.05) is 0 Å². The molecule has 1 aromatic carbocycles. The molecule has 0 aliphatic heterocycles. The first-order chi connectivity index (χ1) is 8.22. The summed E-state index contributed by atoms with van der Waals surface area (Å²) < 4.78 is 13.1. The van der Waals surface area contributed by atoms with Gasteiger partial charge in [0.15, 0.2) is 0 Å². The van der Waals surface area contributed by atoms with Gasteiger partial charge in [-0.3, -0.25) is 4.79 Å². The maximum atomic E-state index is 13.1. The monoisotopic (exact) mass is 235 g/mol. The van der Waals surface area contributed by atoms with Crippen LogP contribution in [-0.4, -0.2) is 12.8 Å². The SMILES string of the molecule is NCC1(c2ccc(F)cc2C=O)CCCCC1. The van der Waals surface area contributed by atoms with Crippen molar-refractivity contribution in [2.75, 3.05) is 6.54 Å². The van der Waals surface area contributed by atoms with E-state index in [0.29, 0.717) is 12.1 Å². The van der Waals surface area contributed by atoms with Gasteiger partial charge < -0.3 is 5.73 Å². The lowest BCUT2D eigenvalue weighted by atomic mass is 9.68. The molecule has 0 radical (unpaired) electrons. The summed E-state index contributed by atoms with van der Waals surface area (Å²) >= 11 is 0. The van der Waals surface area contributed by atoms with Gasteiger partial charge in [0, 0.05) is 17.5 Å². The van der Waals surface area contributed by atoms with Gasteiger partial charge in [0.05, 0.1) is 0 Å². The van der Waals surface area contributed by atoms with Crippen molar-refractivity contribution in [1.29, 1.82) is 0 Å². The highest BCUT2D eigenvalue weighted by Gasteiger charge is 2.34. The van der Waals surface area contributed by atoms with E-state index in [-0.39, 0.29) is 11.2 Å². The molecule has 1 fully saturated rings. The maximum Gasteiger partial charge on any atom is 0.150 e. The molecule has 0 atom stereocenters. The molecular formula is C14H18FNO. The number of aldehydes is 1. The van der Waals surface area contributed by atoms with E-state index < -0.39 is 0 Å². The molecule has 0 heterocycles. The Balaban J connectivity index is 2.45. The zero-order chi connectivity index (χ0) is 12.3. The van der Waals surface area contributed by atoms with Crippen molar-refractivity contribution < 1.29 is 9.18 Å². The Morgan fingerprint density at radius 3 is 2.59 bits per heavy atom. The smallest absolute Gasteiger partial charge is 0.150 e. The molecule has 0 bridgehead atoms. The minimum atomic E-state index is -0.362. The Morgan fingerprint density at radius 1 is 1.29 bits per heavy atom. The molecule has 1 aliphatic carbocycles. The van der Waals surface area contributed by atoms with Gasteiger partial charge in [-0.15, -0.1) is 0 Å². The first-order valence-corrected chi connectivity index (χ1v) is 6.17. The minimum absolute atomic E-state index is 0.123. The second-order valence-corrected chi connectivity index (χ2v) is 4.89. The minimum Gasteiger partial charge on any atom is -0.330 e. The average molecular weight is 235 g/mol. The van der Waals surface area contributed by atoms with Crippen LogP contribution >= 0.6 is 0 Å². The number of nitrogens with two attached hydrogens (primary N) is 1. The largest absolute Gasteiger partial charge is 0.330 e. The van der Waals surface area contributed by atoms with Crippen molar-refractivity contribution in [3.63, 3.8) is 0 Å². The number of carbonyl (C=O) groups is 1. The van der Waals surface area contributed by atoms with Crippen LogP contribution in [0.2, 0.25) is 0 Å². The second kappa shape index (κ2) is 4.96. The van der Waals surface area contributed by atoms with Crippen LogP contribution < -0.4 is 5.73 Å².